The van der Waals surface area contributed by atoms with Crippen LogP contribution in [-0.2, 0) is 0 Å². The summed E-state index contributed by atoms with van der Waals surface area (Å²) >= 11 is 2.15. The number of rotatable bonds is 1. The Morgan fingerprint density at radius 1 is 1.62 bits per heavy atom. The number of hydrogen-bond acceptors (Lipinski definition) is 1. The van der Waals surface area contributed by atoms with Gasteiger partial charge in [-0.1, -0.05) is 13.8 Å². The van der Waals surface area contributed by atoms with Crippen molar-refractivity contribution in [1.29, 1.82) is 0 Å². The Morgan fingerprint density at radius 3 is 2.62 bits per heavy atom. The van der Waals surface area contributed by atoms with Crippen molar-refractivity contribution in [3.05, 3.63) is 0 Å². The van der Waals surface area contributed by atoms with E-state index >= 15 is 0 Å². The van der Waals surface area contributed by atoms with Crippen molar-refractivity contribution >= 4 is 11.8 Å². The molecule has 0 aromatic carbocycles. The fourth-order valence-electron chi connectivity index (χ4n) is 1.17. The fourth-order valence-corrected chi connectivity index (χ4v) is 2.61. The van der Waals surface area contributed by atoms with Gasteiger partial charge in [0.2, 0.25) is 0 Å². The van der Waals surface area contributed by atoms with Gasteiger partial charge < -0.3 is 0 Å². The van der Waals surface area contributed by atoms with Crippen molar-refractivity contribution in [1.82, 2.24) is 0 Å². The molecule has 8 heavy (non-hydrogen) atoms. The highest BCUT2D eigenvalue weighted by Crippen LogP contribution is 2.32. The van der Waals surface area contributed by atoms with Crippen molar-refractivity contribution < 1.29 is 0 Å². The van der Waals surface area contributed by atoms with Crippen LogP contribution >= 0.6 is 11.8 Å². The van der Waals surface area contributed by atoms with Crippen LogP contribution in [-0.4, -0.2) is 11.0 Å². The van der Waals surface area contributed by atoms with Gasteiger partial charge in [-0.3, -0.25) is 0 Å². The van der Waals surface area contributed by atoms with Crippen molar-refractivity contribution in [3.8, 4) is 0 Å². The second kappa shape index (κ2) is 2.77. The largest absolute Gasteiger partial charge is 0.158 e. The Hall–Kier alpha value is 0.350. The zero-order chi connectivity index (χ0) is 5.98. The highest BCUT2D eigenvalue weighted by Gasteiger charge is 2.19. The molecule has 0 spiro atoms. The smallest absolute Gasteiger partial charge is 0.00473 e. The van der Waals surface area contributed by atoms with Crippen LogP contribution in [0.5, 0.6) is 0 Å². The molecular weight excluding hydrogens is 116 g/mol. The van der Waals surface area contributed by atoms with E-state index in [1.54, 1.807) is 0 Å². The molecule has 1 fully saturated rings. The molecule has 0 N–H and O–H groups in total. The first kappa shape index (κ1) is 6.47. The van der Waals surface area contributed by atoms with Gasteiger partial charge in [-0.2, -0.15) is 11.8 Å². The highest BCUT2D eigenvalue weighted by atomic mass is 32.2. The Bertz CT molecular complexity index is 70.8. The third kappa shape index (κ3) is 1.41. The van der Waals surface area contributed by atoms with Gasteiger partial charge in [-0.15, -0.1) is 0 Å². The molecule has 0 saturated carbocycles. The van der Waals surface area contributed by atoms with Crippen molar-refractivity contribution in [3.63, 3.8) is 0 Å². The molecule has 0 unspecified atom stereocenters. The molecule has 0 nitrogen and oxygen atoms in total. The predicted molar refractivity (Wildman–Crippen MR) is 40.3 cm³/mol. The van der Waals surface area contributed by atoms with Crippen LogP contribution in [0.2, 0.25) is 0 Å². The molecule has 1 aliphatic rings. The van der Waals surface area contributed by atoms with Crippen LogP contribution in [0.15, 0.2) is 0 Å². The van der Waals surface area contributed by atoms with E-state index in [-0.39, 0.29) is 0 Å². The molecule has 1 heterocycles. The van der Waals surface area contributed by atoms with Gasteiger partial charge in [0.05, 0.1) is 0 Å². The maximum atomic E-state index is 2.35. The van der Waals surface area contributed by atoms with Gasteiger partial charge in [0.1, 0.15) is 0 Å². The maximum absolute atomic E-state index is 2.35. The lowest BCUT2D eigenvalue weighted by Crippen LogP contribution is -1.95. The normalized spacial score (nSPS) is 38.2. The third-order valence-corrected chi connectivity index (χ3v) is 3.50. The summed E-state index contributed by atoms with van der Waals surface area (Å²) < 4.78 is 0. The highest BCUT2D eigenvalue weighted by molar-refractivity contribution is 8.00. The Kier molecular flexibility index (Phi) is 2.24. The maximum Gasteiger partial charge on any atom is 0.00473 e. The van der Waals surface area contributed by atoms with E-state index in [0.29, 0.717) is 0 Å². The van der Waals surface area contributed by atoms with Gasteiger partial charge in [-0.25, -0.2) is 0 Å². The summed E-state index contributed by atoms with van der Waals surface area (Å²) in [5.74, 6) is 2.39. The van der Waals surface area contributed by atoms with Crippen LogP contribution < -0.4 is 0 Å². The second-order valence-corrected chi connectivity index (χ2v) is 4.04. The molecule has 1 rings (SSSR count). The zero-order valence-corrected chi connectivity index (χ0v) is 6.50. The molecule has 48 valence electrons. The van der Waals surface area contributed by atoms with Crippen LogP contribution in [0.4, 0.5) is 0 Å². The summed E-state index contributed by atoms with van der Waals surface area (Å²) in [7, 11) is 0. The Labute approximate surface area is 56.0 Å². The molecule has 2 atom stereocenters. The van der Waals surface area contributed by atoms with E-state index in [0.717, 1.165) is 11.2 Å². The van der Waals surface area contributed by atoms with Crippen LogP contribution in [0.1, 0.15) is 26.7 Å². The molecular formula is C7H14S. The van der Waals surface area contributed by atoms with E-state index in [1.165, 1.54) is 18.6 Å². The first-order chi connectivity index (χ1) is 3.83. The lowest BCUT2D eigenvalue weighted by Gasteiger charge is -2.01. The lowest BCUT2D eigenvalue weighted by atomic mass is 10.1. The van der Waals surface area contributed by atoms with Gasteiger partial charge >= 0.3 is 0 Å². The van der Waals surface area contributed by atoms with Crippen molar-refractivity contribution in [2.24, 2.45) is 5.92 Å². The SMILES string of the molecule is CC[C@H]1C[C@H](C)CS1. The molecule has 1 heteroatoms. The molecule has 1 aliphatic heterocycles. The molecule has 0 amide bonds. The minimum Gasteiger partial charge on any atom is -0.158 e. The predicted octanol–water partition coefficient (Wildman–Crippen LogP) is 2.54. The second-order valence-electron chi connectivity index (χ2n) is 2.70. The van der Waals surface area contributed by atoms with Gasteiger partial charge in [0, 0.05) is 5.25 Å². The molecule has 0 bridgehead atoms. The lowest BCUT2D eigenvalue weighted by molar-refractivity contribution is 0.601. The summed E-state index contributed by atoms with van der Waals surface area (Å²) in [6.45, 7) is 4.64. The molecule has 0 aromatic heterocycles. The van der Waals surface area contributed by atoms with E-state index < -0.39 is 0 Å². The van der Waals surface area contributed by atoms with E-state index in [2.05, 4.69) is 25.6 Å². The third-order valence-electron chi connectivity index (χ3n) is 1.74. The van der Waals surface area contributed by atoms with Crippen LogP contribution in [0, 0.1) is 5.92 Å². The number of hydrogen-bond donors (Lipinski definition) is 0. The average Bonchev–Trinajstić information content (AvgIpc) is 2.14. The summed E-state index contributed by atoms with van der Waals surface area (Å²) in [6, 6.07) is 0. The summed E-state index contributed by atoms with van der Waals surface area (Å²) in [4.78, 5) is 0. The van der Waals surface area contributed by atoms with E-state index in [4.69, 9.17) is 0 Å². The van der Waals surface area contributed by atoms with E-state index in [1.807, 2.05) is 0 Å². The van der Waals surface area contributed by atoms with Crippen molar-refractivity contribution in [2.45, 2.75) is 31.9 Å². The quantitative estimate of drug-likeness (QED) is 0.525. The monoisotopic (exact) mass is 130 g/mol. The number of thioether (sulfide) groups is 1. The Morgan fingerprint density at radius 2 is 2.38 bits per heavy atom. The van der Waals surface area contributed by atoms with Gasteiger partial charge in [0.15, 0.2) is 0 Å². The molecule has 0 aromatic rings. The average molecular weight is 130 g/mol. The fraction of sp³-hybridized carbons (Fsp3) is 1.00. The van der Waals surface area contributed by atoms with Crippen LogP contribution in [0.3, 0.4) is 0 Å². The minimum atomic E-state index is 0.991. The summed E-state index contributed by atoms with van der Waals surface area (Å²) in [5, 5.41) is 0.991. The summed E-state index contributed by atoms with van der Waals surface area (Å²) in [6.07, 6.45) is 2.83. The van der Waals surface area contributed by atoms with E-state index in [9.17, 15) is 0 Å². The Balaban J connectivity index is 2.22. The molecule has 0 aliphatic carbocycles. The van der Waals surface area contributed by atoms with Crippen molar-refractivity contribution in [2.75, 3.05) is 5.75 Å². The van der Waals surface area contributed by atoms with Crippen LogP contribution in [0.25, 0.3) is 0 Å². The summed E-state index contributed by atoms with van der Waals surface area (Å²) in [5.41, 5.74) is 0. The minimum absolute atomic E-state index is 0.991. The molecule has 0 radical (unpaired) electrons. The zero-order valence-electron chi connectivity index (χ0n) is 5.68. The first-order valence-electron chi connectivity index (χ1n) is 3.44. The van der Waals surface area contributed by atoms with Gasteiger partial charge in [-0.05, 0) is 24.5 Å². The standard InChI is InChI=1S/C7H14S/c1-3-7-4-6(2)5-8-7/h6-7H,3-5H2,1-2H3/t6-,7-/m0/s1. The van der Waals surface area contributed by atoms with Gasteiger partial charge in [0.25, 0.3) is 0 Å². The first-order valence-corrected chi connectivity index (χ1v) is 4.49. The molecule has 1 saturated heterocycles. The topological polar surface area (TPSA) is 0 Å².